The Morgan fingerprint density at radius 2 is 2.15 bits per heavy atom. The van der Waals surface area contributed by atoms with Gasteiger partial charge in [0.15, 0.2) is 0 Å². The van der Waals surface area contributed by atoms with Gasteiger partial charge in [-0.05, 0) is 38.5 Å². The third kappa shape index (κ3) is 4.67. The van der Waals surface area contributed by atoms with Crippen LogP contribution in [0.15, 0.2) is 18.2 Å². The van der Waals surface area contributed by atoms with Crippen molar-refractivity contribution in [1.29, 1.82) is 0 Å². The summed E-state index contributed by atoms with van der Waals surface area (Å²) in [5.41, 5.74) is 0.350. The number of amides is 1. The van der Waals surface area contributed by atoms with Crippen molar-refractivity contribution in [2.45, 2.75) is 39.2 Å². The molecule has 108 valence electrons. The van der Waals surface area contributed by atoms with Crippen LogP contribution in [0.4, 0.5) is 4.39 Å². The highest BCUT2D eigenvalue weighted by Gasteiger charge is 2.20. The van der Waals surface area contributed by atoms with Crippen LogP contribution >= 0.6 is 0 Å². The lowest BCUT2D eigenvalue weighted by atomic mass is 10.00. The van der Waals surface area contributed by atoms with Crippen molar-refractivity contribution < 1.29 is 14.3 Å². The highest BCUT2D eigenvalue weighted by molar-refractivity contribution is 5.97. The van der Waals surface area contributed by atoms with Crippen molar-refractivity contribution >= 4 is 5.91 Å². The molecule has 0 unspecified atom stereocenters. The number of aliphatic hydroxyl groups excluding tert-OH is 1. The van der Waals surface area contributed by atoms with Gasteiger partial charge >= 0.3 is 0 Å². The molecule has 0 saturated heterocycles. The summed E-state index contributed by atoms with van der Waals surface area (Å²) < 4.78 is 13.3. The van der Waals surface area contributed by atoms with Gasteiger partial charge in [0.2, 0.25) is 0 Å². The summed E-state index contributed by atoms with van der Waals surface area (Å²) in [4.78, 5) is 12.2. The molecule has 0 aromatic heterocycles. The summed E-state index contributed by atoms with van der Waals surface area (Å²) in [6, 6.07) is 3.91. The van der Waals surface area contributed by atoms with Gasteiger partial charge < -0.3 is 10.4 Å². The number of benzene rings is 1. The molecule has 4 heteroatoms. The van der Waals surface area contributed by atoms with Crippen LogP contribution in [-0.2, 0) is 0 Å². The quantitative estimate of drug-likeness (QED) is 0.831. The molecule has 20 heavy (non-hydrogen) atoms. The highest BCUT2D eigenvalue weighted by Crippen LogP contribution is 2.14. The SMILES string of the molecule is CCC(C)(C)NC(=O)c1ccc(F)cc1C#CCCO. The molecule has 2 N–H and O–H groups in total. The van der Waals surface area contributed by atoms with Crippen molar-refractivity contribution in [1.82, 2.24) is 5.32 Å². The summed E-state index contributed by atoms with van der Waals surface area (Å²) in [6.07, 6.45) is 1.07. The lowest BCUT2D eigenvalue weighted by Gasteiger charge is -2.24. The van der Waals surface area contributed by atoms with Gasteiger partial charge in [0, 0.05) is 17.5 Å². The van der Waals surface area contributed by atoms with Crippen LogP contribution in [0.25, 0.3) is 0 Å². The van der Waals surface area contributed by atoms with Crippen LogP contribution in [0.5, 0.6) is 0 Å². The molecule has 0 atom stereocenters. The van der Waals surface area contributed by atoms with Crippen molar-refractivity contribution in [2.75, 3.05) is 6.61 Å². The standard InChI is InChI=1S/C16H20FNO2/c1-4-16(2,3)18-15(20)14-9-8-13(17)11-12(14)7-5-6-10-19/h8-9,11,19H,4,6,10H2,1-3H3,(H,18,20). The molecule has 0 fully saturated rings. The van der Waals surface area contributed by atoms with Crippen LogP contribution in [0.2, 0.25) is 0 Å². The molecule has 1 aromatic rings. The Morgan fingerprint density at radius 1 is 1.45 bits per heavy atom. The van der Waals surface area contributed by atoms with Gasteiger partial charge in [0.25, 0.3) is 5.91 Å². The molecule has 0 spiro atoms. The second kappa shape index (κ2) is 7.06. The molecule has 0 radical (unpaired) electrons. The number of nitrogens with one attached hydrogen (secondary N) is 1. The number of carbonyl (C=O) groups excluding carboxylic acids is 1. The number of rotatable bonds is 4. The van der Waals surface area contributed by atoms with Gasteiger partial charge in [-0.3, -0.25) is 4.79 Å². The molecule has 1 rings (SSSR count). The maximum absolute atomic E-state index is 13.3. The lowest BCUT2D eigenvalue weighted by Crippen LogP contribution is -2.43. The van der Waals surface area contributed by atoms with Gasteiger partial charge in [0.05, 0.1) is 12.2 Å². The zero-order valence-corrected chi connectivity index (χ0v) is 12.1. The molecule has 0 aliphatic heterocycles. The molecule has 0 bridgehead atoms. The first-order valence-electron chi connectivity index (χ1n) is 6.61. The molecule has 3 nitrogen and oxygen atoms in total. The summed E-state index contributed by atoms with van der Waals surface area (Å²) in [5, 5.41) is 11.6. The largest absolute Gasteiger partial charge is 0.395 e. The topological polar surface area (TPSA) is 49.3 Å². The first kappa shape index (κ1) is 16.2. The van der Waals surface area contributed by atoms with E-state index in [-0.39, 0.29) is 24.5 Å². The van der Waals surface area contributed by atoms with E-state index in [1.807, 2.05) is 20.8 Å². The van der Waals surface area contributed by atoms with E-state index in [9.17, 15) is 9.18 Å². The molecule has 0 aliphatic carbocycles. The molecule has 0 saturated carbocycles. The minimum Gasteiger partial charge on any atom is -0.395 e. The monoisotopic (exact) mass is 277 g/mol. The van der Waals surface area contributed by atoms with Gasteiger partial charge in [-0.1, -0.05) is 18.8 Å². The fourth-order valence-corrected chi connectivity index (χ4v) is 1.49. The number of aliphatic hydroxyl groups is 1. The van der Waals surface area contributed by atoms with Gasteiger partial charge in [0.1, 0.15) is 5.82 Å². The predicted molar refractivity (Wildman–Crippen MR) is 76.8 cm³/mol. The van der Waals surface area contributed by atoms with Gasteiger partial charge in [-0.2, -0.15) is 0 Å². The minimum absolute atomic E-state index is 0.0628. The second-order valence-corrected chi connectivity index (χ2v) is 5.16. The Balaban J connectivity index is 3.06. The molecular weight excluding hydrogens is 257 g/mol. The Hall–Kier alpha value is -1.86. The number of carbonyl (C=O) groups is 1. The molecule has 0 aliphatic rings. The number of hydrogen-bond donors (Lipinski definition) is 2. The van der Waals surface area contributed by atoms with E-state index in [4.69, 9.17) is 5.11 Å². The van der Waals surface area contributed by atoms with Crippen molar-refractivity contribution in [3.8, 4) is 11.8 Å². The zero-order valence-electron chi connectivity index (χ0n) is 12.1. The smallest absolute Gasteiger partial charge is 0.252 e. The maximum atomic E-state index is 13.3. The third-order valence-corrected chi connectivity index (χ3v) is 3.02. The van der Waals surface area contributed by atoms with Gasteiger partial charge in [-0.15, -0.1) is 0 Å². The normalized spacial score (nSPS) is 10.7. The van der Waals surface area contributed by atoms with Crippen LogP contribution in [-0.4, -0.2) is 23.2 Å². The van der Waals surface area contributed by atoms with E-state index < -0.39 is 5.82 Å². The van der Waals surface area contributed by atoms with Crippen LogP contribution in [0.1, 0.15) is 49.5 Å². The average Bonchev–Trinajstić information content (AvgIpc) is 2.38. The van der Waals surface area contributed by atoms with Crippen LogP contribution < -0.4 is 5.32 Å². The van der Waals surface area contributed by atoms with E-state index in [1.54, 1.807) is 0 Å². The average molecular weight is 277 g/mol. The Labute approximate surface area is 119 Å². The summed E-state index contributed by atoms with van der Waals surface area (Å²) in [6.45, 7) is 5.76. The van der Waals surface area contributed by atoms with E-state index in [2.05, 4.69) is 17.2 Å². The van der Waals surface area contributed by atoms with E-state index in [0.717, 1.165) is 6.42 Å². The Morgan fingerprint density at radius 3 is 2.75 bits per heavy atom. The molecule has 1 aromatic carbocycles. The lowest BCUT2D eigenvalue weighted by molar-refractivity contribution is 0.0911. The van der Waals surface area contributed by atoms with Crippen LogP contribution in [0, 0.1) is 17.7 Å². The number of hydrogen-bond acceptors (Lipinski definition) is 2. The van der Waals surface area contributed by atoms with Crippen molar-refractivity contribution in [2.24, 2.45) is 0 Å². The predicted octanol–water partition coefficient (Wildman–Crippen LogP) is 2.48. The van der Waals surface area contributed by atoms with Crippen molar-refractivity contribution in [3.63, 3.8) is 0 Å². The van der Waals surface area contributed by atoms with Crippen LogP contribution in [0.3, 0.4) is 0 Å². The zero-order chi connectivity index (χ0) is 15.2. The molecule has 1 amide bonds. The highest BCUT2D eigenvalue weighted by atomic mass is 19.1. The number of halogens is 1. The first-order valence-corrected chi connectivity index (χ1v) is 6.61. The maximum Gasteiger partial charge on any atom is 0.252 e. The fraction of sp³-hybridized carbons (Fsp3) is 0.438. The third-order valence-electron chi connectivity index (χ3n) is 3.02. The minimum atomic E-state index is -0.440. The van der Waals surface area contributed by atoms with Gasteiger partial charge in [-0.25, -0.2) is 4.39 Å². The molecule has 0 heterocycles. The summed E-state index contributed by atoms with van der Waals surface area (Å²) in [5.74, 6) is 4.72. The summed E-state index contributed by atoms with van der Waals surface area (Å²) in [7, 11) is 0. The van der Waals surface area contributed by atoms with E-state index >= 15 is 0 Å². The van der Waals surface area contributed by atoms with E-state index in [1.165, 1.54) is 18.2 Å². The second-order valence-electron chi connectivity index (χ2n) is 5.16. The summed E-state index contributed by atoms with van der Waals surface area (Å²) >= 11 is 0. The van der Waals surface area contributed by atoms with Crippen molar-refractivity contribution in [3.05, 3.63) is 35.1 Å². The van der Waals surface area contributed by atoms with E-state index in [0.29, 0.717) is 11.1 Å². The Kier molecular flexibility index (Phi) is 5.72. The Bertz CT molecular complexity index is 541. The first-order chi connectivity index (χ1) is 9.39. The molecular formula is C16H20FNO2. The fourth-order valence-electron chi connectivity index (χ4n) is 1.49.